The molecular weight excluding hydrogens is 248 g/mol. The standard InChI is InChI=1S/C16H16N4/c17-11-14-13(18)8-9-16(19-14)20-10-4-7-15(20)12-5-2-1-3-6-12/h1-3,5-6,8-9,15H,4,7,10,18H2. The van der Waals surface area contributed by atoms with Crippen molar-refractivity contribution >= 4 is 11.5 Å². The van der Waals surface area contributed by atoms with Gasteiger partial charge in [0.2, 0.25) is 0 Å². The van der Waals surface area contributed by atoms with Crippen LogP contribution in [0.4, 0.5) is 11.5 Å². The van der Waals surface area contributed by atoms with Crippen molar-refractivity contribution in [2.24, 2.45) is 0 Å². The van der Waals surface area contributed by atoms with Gasteiger partial charge in [0, 0.05) is 6.54 Å². The van der Waals surface area contributed by atoms with Gasteiger partial charge in [0.25, 0.3) is 0 Å². The number of nitrogen functional groups attached to an aromatic ring is 1. The summed E-state index contributed by atoms with van der Waals surface area (Å²) >= 11 is 0. The van der Waals surface area contributed by atoms with E-state index in [-0.39, 0.29) is 0 Å². The molecule has 1 saturated heterocycles. The van der Waals surface area contributed by atoms with Crippen LogP contribution in [0, 0.1) is 11.3 Å². The Morgan fingerprint density at radius 1 is 1.20 bits per heavy atom. The molecule has 2 N–H and O–H groups in total. The number of nitriles is 1. The third-order valence-corrected chi connectivity index (χ3v) is 3.75. The van der Waals surface area contributed by atoms with E-state index in [1.54, 1.807) is 6.07 Å². The van der Waals surface area contributed by atoms with Gasteiger partial charge in [-0.25, -0.2) is 4.98 Å². The van der Waals surface area contributed by atoms with E-state index in [2.05, 4.69) is 40.2 Å². The Morgan fingerprint density at radius 3 is 2.75 bits per heavy atom. The molecule has 0 saturated carbocycles. The van der Waals surface area contributed by atoms with Gasteiger partial charge >= 0.3 is 0 Å². The molecule has 2 heterocycles. The Labute approximate surface area is 118 Å². The summed E-state index contributed by atoms with van der Waals surface area (Å²) in [4.78, 5) is 6.65. The molecule has 1 unspecified atom stereocenters. The number of hydrogen-bond donors (Lipinski definition) is 1. The average Bonchev–Trinajstić information content (AvgIpc) is 2.98. The number of anilines is 2. The molecule has 0 amide bonds. The first-order chi connectivity index (χ1) is 9.79. The summed E-state index contributed by atoms with van der Waals surface area (Å²) in [5.74, 6) is 0.835. The lowest BCUT2D eigenvalue weighted by atomic mass is 10.0. The fourth-order valence-corrected chi connectivity index (χ4v) is 2.77. The summed E-state index contributed by atoms with van der Waals surface area (Å²) in [6.07, 6.45) is 2.24. The van der Waals surface area contributed by atoms with Gasteiger partial charge in [-0.1, -0.05) is 30.3 Å². The zero-order valence-corrected chi connectivity index (χ0v) is 11.2. The molecule has 20 heavy (non-hydrogen) atoms. The quantitative estimate of drug-likeness (QED) is 0.905. The van der Waals surface area contributed by atoms with Crippen LogP contribution in [0.5, 0.6) is 0 Å². The van der Waals surface area contributed by atoms with Crippen LogP contribution in [0.3, 0.4) is 0 Å². The van der Waals surface area contributed by atoms with E-state index >= 15 is 0 Å². The second-order valence-corrected chi connectivity index (χ2v) is 4.98. The Morgan fingerprint density at radius 2 is 2.00 bits per heavy atom. The van der Waals surface area contributed by atoms with E-state index in [1.807, 2.05) is 12.1 Å². The van der Waals surface area contributed by atoms with Crippen LogP contribution in [0.2, 0.25) is 0 Å². The minimum absolute atomic E-state index is 0.307. The van der Waals surface area contributed by atoms with E-state index in [9.17, 15) is 0 Å². The van der Waals surface area contributed by atoms with Gasteiger partial charge < -0.3 is 10.6 Å². The van der Waals surface area contributed by atoms with Crippen LogP contribution in [-0.2, 0) is 0 Å². The summed E-state index contributed by atoms with van der Waals surface area (Å²) in [6.45, 7) is 0.960. The molecule has 0 radical (unpaired) electrons. The third-order valence-electron chi connectivity index (χ3n) is 3.75. The molecule has 1 atom stereocenters. The van der Waals surface area contributed by atoms with Gasteiger partial charge in [-0.05, 0) is 30.5 Å². The van der Waals surface area contributed by atoms with Crippen LogP contribution in [0.1, 0.15) is 30.1 Å². The summed E-state index contributed by atoms with van der Waals surface area (Å²) < 4.78 is 0. The van der Waals surface area contributed by atoms with Crippen molar-refractivity contribution in [3.63, 3.8) is 0 Å². The molecule has 1 aromatic heterocycles. The molecule has 1 aromatic carbocycles. The molecule has 0 spiro atoms. The number of nitrogens with zero attached hydrogens (tertiary/aromatic N) is 3. The van der Waals surface area contributed by atoms with Crippen molar-refractivity contribution in [1.82, 2.24) is 4.98 Å². The average molecular weight is 264 g/mol. The van der Waals surface area contributed by atoms with Crippen LogP contribution in [0.15, 0.2) is 42.5 Å². The molecule has 100 valence electrons. The predicted molar refractivity (Wildman–Crippen MR) is 79.1 cm³/mol. The van der Waals surface area contributed by atoms with Gasteiger partial charge in [0.1, 0.15) is 11.9 Å². The van der Waals surface area contributed by atoms with Crippen molar-refractivity contribution in [2.45, 2.75) is 18.9 Å². The van der Waals surface area contributed by atoms with E-state index < -0.39 is 0 Å². The molecule has 1 fully saturated rings. The van der Waals surface area contributed by atoms with Crippen LogP contribution < -0.4 is 10.6 Å². The monoisotopic (exact) mass is 264 g/mol. The van der Waals surface area contributed by atoms with Crippen molar-refractivity contribution in [3.8, 4) is 6.07 Å². The molecule has 2 aromatic rings. The maximum absolute atomic E-state index is 9.06. The third kappa shape index (κ3) is 2.19. The van der Waals surface area contributed by atoms with Crippen molar-refractivity contribution in [3.05, 3.63) is 53.7 Å². The van der Waals surface area contributed by atoms with Crippen LogP contribution >= 0.6 is 0 Å². The zero-order valence-electron chi connectivity index (χ0n) is 11.2. The van der Waals surface area contributed by atoms with E-state index in [0.717, 1.165) is 25.2 Å². The van der Waals surface area contributed by atoms with Gasteiger partial charge in [-0.3, -0.25) is 0 Å². The first kappa shape index (κ1) is 12.5. The number of benzene rings is 1. The second kappa shape index (κ2) is 5.22. The highest BCUT2D eigenvalue weighted by Gasteiger charge is 2.27. The minimum Gasteiger partial charge on any atom is -0.396 e. The minimum atomic E-state index is 0.307. The van der Waals surface area contributed by atoms with Crippen molar-refractivity contribution < 1.29 is 0 Å². The van der Waals surface area contributed by atoms with Crippen molar-refractivity contribution in [2.75, 3.05) is 17.2 Å². The lowest BCUT2D eigenvalue weighted by molar-refractivity contribution is 0.711. The van der Waals surface area contributed by atoms with Gasteiger partial charge in [0.15, 0.2) is 5.69 Å². The molecule has 4 heteroatoms. The highest BCUT2D eigenvalue weighted by atomic mass is 15.2. The zero-order chi connectivity index (χ0) is 13.9. The van der Waals surface area contributed by atoms with E-state index in [1.165, 1.54) is 5.56 Å². The summed E-state index contributed by atoms with van der Waals surface area (Å²) in [6, 6.07) is 16.5. The van der Waals surface area contributed by atoms with Crippen molar-refractivity contribution in [1.29, 1.82) is 5.26 Å². The number of hydrogen-bond acceptors (Lipinski definition) is 4. The summed E-state index contributed by atoms with van der Waals surface area (Å²) in [7, 11) is 0. The Balaban J connectivity index is 1.95. The Hall–Kier alpha value is -2.54. The molecule has 3 rings (SSSR count). The van der Waals surface area contributed by atoms with Crippen LogP contribution in [0.25, 0.3) is 0 Å². The smallest absolute Gasteiger partial charge is 0.165 e. The molecular formula is C16H16N4. The number of pyridine rings is 1. The second-order valence-electron chi connectivity index (χ2n) is 4.98. The van der Waals surface area contributed by atoms with E-state index in [0.29, 0.717) is 17.4 Å². The normalized spacial score (nSPS) is 17.9. The Kier molecular flexibility index (Phi) is 3.26. The highest BCUT2D eigenvalue weighted by Crippen LogP contribution is 2.35. The molecule has 1 aliphatic heterocycles. The van der Waals surface area contributed by atoms with E-state index in [4.69, 9.17) is 11.0 Å². The van der Waals surface area contributed by atoms with Gasteiger partial charge in [0.05, 0.1) is 11.7 Å². The number of nitrogens with two attached hydrogens (primary N) is 1. The molecule has 0 aliphatic carbocycles. The lowest BCUT2D eigenvalue weighted by Gasteiger charge is -2.26. The fourth-order valence-electron chi connectivity index (χ4n) is 2.77. The first-order valence-corrected chi connectivity index (χ1v) is 6.78. The van der Waals surface area contributed by atoms with Gasteiger partial charge in [-0.2, -0.15) is 5.26 Å². The molecule has 4 nitrogen and oxygen atoms in total. The maximum atomic E-state index is 9.06. The predicted octanol–water partition coefficient (Wildman–Crippen LogP) is 2.88. The van der Waals surface area contributed by atoms with Crippen LogP contribution in [-0.4, -0.2) is 11.5 Å². The fraction of sp³-hybridized carbons (Fsp3) is 0.250. The largest absolute Gasteiger partial charge is 0.396 e. The highest BCUT2D eigenvalue weighted by molar-refractivity contribution is 5.56. The maximum Gasteiger partial charge on any atom is 0.165 e. The number of rotatable bonds is 2. The lowest BCUT2D eigenvalue weighted by Crippen LogP contribution is -2.23. The topological polar surface area (TPSA) is 65.9 Å². The first-order valence-electron chi connectivity index (χ1n) is 6.78. The molecule has 1 aliphatic rings. The summed E-state index contributed by atoms with van der Waals surface area (Å²) in [5, 5.41) is 9.06. The molecule has 0 bridgehead atoms. The Bertz CT molecular complexity index is 645. The SMILES string of the molecule is N#Cc1nc(N2CCCC2c2ccccc2)ccc1N. The van der Waals surface area contributed by atoms with Gasteiger partial charge in [-0.15, -0.1) is 0 Å². The summed E-state index contributed by atoms with van der Waals surface area (Å²) in [5.41, 5.74) is 7.78. The number of aromatic nitrogens is 1.